The molecule has 0 saturated carbocycles. The number of ether oxygens (including phenoxy) is 1. The standard InChI is InChI=1S/C10H14N2O5S/c1-17-9(15)7-2-5(13)3-12(7)8(14)6-4-18-10(16)11-6/h5-7,13H,2-4H2,1H3,(H,11,16). The van der Waals surface area contributed by atoms with Crippen molar-refractivity contribution in [1.29, 1.82) is 0 Å². The van der Waals surface area contributed by atoms with Crippen molar-refractivity contribution in [2.24, 2.45) is 0 Å². The fourth-order valence-electron chi connectivity index (χ4n) is 2.13. The summed E-state index contributed by atoms with van der Waals surface area (Å²) < 4.78 is 4.61. The molecular formula is C10H14N2O5S. The zero-order valence-corrected chi connectivity index (χ0v) is 10.6. The Balaban J connectivity index is 2.08. The average Bonchev–Trinajstić information content (AvgIpc) is 2.93. The number of esters is 1. The number of aliphatic hydroxyl groups excluding tert-OH is 1. The predicted molar refractivity (Wildman–Crippen MR) is 62.9 cm³/mol. The third-order valence-electron chi connectivity index (χ3n) is 3.01. The first-order valence-corrected chi connectivity index (χ1v) is 6.51. The van der Waals surface area contributed by atoms with E-state index >= 15 is 0 Å². The molecule has 0 aromatic rings. The molecule has 2 amide bonds. The minimum absolute atomic E-state index is 0.0929. The van der Waals surface area contributed by atoms with E-state index in [1.165, 1.54) is 12.0 Å². The van der Waals surface area contributed by atoms with Crippen molar-refractivity contribution in [3.63, 3.8) is 0 Å². The predicted octanol–water partition coefficient (Wildman–Crippen LogP) is -1.05. The molecule has 2 aliphatic heterocycles. The normalized spacial score (nSPS) is 31.3. The number of carbonyl (C=O) groups excluding carboxylic acids is 3. The van der Waals surface area contributed by atoms with Gasteiger partial charge in [0.2, 0.25) is 5.91 Å². The number of hydrogen-bond acceptors (Lipinski definition) is 6. The lowest BCUT2D eigenvalue weighted by Gasteiger charge is -2.24. The van der Waals surface area contributed by atoms with Gasteiger partial charge in [0.25, 0.3) is 5.24 Å². The maximum atomic E-state index is 12.1. The quantitative estimate of drug-likeness (QED) is 0.624. The number of β-amino-alcohol motifs (C(OH)–C–C–N with tert-alkyl or cyclic N) is 1. The van der Waals surface area contributed by atoms with E-state index in [1.54, 1.807) is 0 Å². The van der Waals surface area contributed by atoms with E-state index in [1.807, 2.05) is 0 Å². The number of nitrogens with zero attached hydrogens (tertiary/aromatic N) is 1. The first-order valence-electron chi connectivity index (χ1n) is 5.52. The second-order valence-corrected chi connectivity index (χ2v) is 5.21. The number of likely N-dealkylation sites (tertiary alicyclic amines) is 1. The molecule has 2 heterocycles. The van der Waals surface area contributed by atoms with Crippen LogP contribution in [0.3, 0.4) is 0 Å². The van der Waals surface area contributed by atoms with Crippen LogP contribution in [0.1, 0.15) is 6.42 Å². The Bertz CT molecular complexity index is 388. The highest BCUT2D eigenvalue weighted by atomic mass is 32.2. The van der Waals surface area contributed by atoms with Crippen molar-refractivity contribution in [2.45, 2.75) is 24.6 Å². The number of carbonyl (C=O) groups is 3. The lowest BCUT2D eigenvalue weighted by atomic mass is 10.2. The van der Waals surface area contributed by atoms with Crippen molar-refractivity contribution in [3.8, 4) is 0 Å². The molecule has 2 fully saturated rings. The lowest BCUT2D eigenvalue weighted by molar-refractivity contribution is -0.151. The number of aliphatic hydroxyl groups is 1. The monoisotopic (exact) mass is 274 g/mol. The molecule has 0 radical (unpaired) electrons. The summed E-state index contributed by atoms with van der Waals surface area (Å²) in [5.41, 5.74) is 0. The van der Waals surface area contributed by atoms with Crippen LogP contribution in [0.2, 0.25) is 0 Å². The molecule has 3 unspecified atom stereocenters. The molecule has 7 nitrogen and oxygen atoms in total. The van der Waals surface area contributed by atoms with Crippen LogP contribution in [0, 0.1) is 0 Å². The summed E-state index contributed by atoms with van der Waals surface area (Å²) in [5.74, 6) is -0.546. The van der Waals surface area contributed by atoms with Crippen LogP contribution >= 0.6 is 11.8 Å². The Morgan fingerprint density at radius 1 is 1.56 bits per heavy atom. The zero-order valence-electron chi connectivity index (χ0n) is 9.79. The van der Waals surface area contributed by atoms with Gasteiger partial charge >= 0.3 is 5.97 Å². The summed E-state index contributed by atoms with van der Waals surface area (Å²) in [6.07, 6.45) is -0.561. The largest absolute Gasteiger partial charge is 0.467 e. The van der Waals surface area contributed by atoms with Crippen LogP contribution in [-0.2, 0) is 14.3 Å². The van der Waals surface area contributed by atoms with E-state index in [2.05, 4.69) is 10.1 Å². The Kier molecular flexibility index (Phi) is 3.76. The van der Waals surface area contributed by atoms with Gasteiger partial charge in [-0.2, -0.15) is 0 Å². The first-order chi connectivity index (χ1) is 8.52. The SMILES string of the molecule is COC(=O)C1CC(O)CN1C(=O)C1CSC(=O)N1. The number of rotatable bonds is 2. The molecule has 0 bridgehead atoms. The molecular weight excluding hydrogens is 260 g/mol. The Morgan fingerprint density at radius 3 is 2.83 bits per heavy atom. The van der Waals surface area contributed by atoms with Gasteiger partial charge in [0.15, 0.2) is 0 Å². The fourth-order valence-corrected chi connectivity index (χ4v) is 2.90. The summed E-state index contributed by atoms with van der Waals surface area (Å²) in [4.78, 5) is 36.0. The van der Waals surface area contributed by atoms with E-state index in [0.717, 1.165) is 11.8 Å². The van der Waals surface area contributed by atoms with Crippen molar-refractivity contribution in [3.05, 3.63) is 0 Å². The van der Waals surface area contributed by atoms with Gasteiger partial charge < -0.3 is 20.1 Å². The second-order valence-electron chi connectivity index (χ2n) is 4.21. The molecule has 18 heavy (non-hydrogen) atoms. The molecule has 0 aromatic carbocycles. The highest BCUT2D eigenvalue weighted by Gasteiger charge is 2.43. The van der Waals surface area contributed by atoms with E-state index in [0.29, 0.717) is 5.75 Å². The van der Waals surface area contributed by atoms with E-state index in [4.69, 9.17) is 0 Å². The van der Waals surface area contributed by atoms with Gasteiger partial charge in [-0.3, -0.25) is 9.59 Å². The van der Waals surface area contributed by atoms with Crippen LogP contribution in [-0.4, -0.2) is 64.7 Å². The lowest BCUT2D eigenvalue weighted by Crippen LogP contribution is -2.50. The highest BCUT2D eigenvalue weighted by Crippen LogP contribution is 2.23. The van der Waals surface area contributed by atoms with Gasteiger partial charge in [-0.1, -0.05) is 11.8 Å². The molecule has 0 aromatic heterocycles. The molecule has 2 saturated heterocycles. The number of methoxy groups -OCH3 is 1. The molecule has 100 valence electrons. The number of hydrogen-bond donors (Lipinski definition) is 2. The van der Waals surface area contributed by atoms with E-state index in [-0.39, 0.29) is 24.1 Å². The zero-order chi connectivity index (χ0) is 13.3. The van der Waals surface area contributed by atoms with Gasteiger partial charge in [0.05, 0.1) is 13.2 Å². The molecule has 2 rings (SSSR count). The van der Waals surface area contributed by atoms with Crippen molar-refractivity contribution in [1.82, 2.24) is 10.2 Å². The third kappa shape index (κ3) is 2.44. The highest BCUT2D eigenvalue weighted by molar-refractivity contribution is 8.14. The van der Waals surface area contributed by atoms with Gasteiger partial charge in [0, 0.05) is 18.7 Å². The Hall–Kier alpha value is -1.28. The fraction of sp³-hybridized carbons (Fsp3) is 0.700. The minimum Gasteiger partial charge on any atom is -0.467 e. The van der Waals surface area contributed by atoms with Gasteiger partial charge in [-0.05, 0) is 0 Å². The van der Waals surface area contributed by atoms with E-state index in [9.17, 15) is 19.5 Å². The first kappa shape index (κ1) is 13.2. The van der Waals surface area contributed by atoms with Gasteiger partial charge in [-0.25, -0.2) is 4.79 Å². The molecule has 8 heteroatoms. The van der Waals surface area contributed by atoms with E-state index < -0.39 is 24.2 Å². The van der Waals surface area contributed by atoms with Crippen LogP contribution in [0.5, 0.6) is 0 Å². The number of nitrogens with one attached hydrogen (secondary N) is 1. The molecule has 0 spiro atoms. The second kappa shape index (κ2) is 5.15. The molecule has 2 aliphatic rings. The Labute approximate surface area is 108 Å². The summed E-state index contributed by atoms with van der Waals surface area (Å²) in [6.45, 7) is 0.0929. The number of thioether (sulfide) groups is 1. The van der Waals surface area contributed by atoms with Crippen molar-refractivity contribution in [2.75, 3.05) is 19.4 Å². The topological polar surface area (TPSA) is 95.9 Å². The summed E-state index contributed by atoms with van der Waals surface area (Å²) in [6, 6.07) is -1.39. The summed E-state index contributed by atoms with van der Waals surface area (Å²) >= 11 is 1.03. The maximum Gasteiger partial charge on any atom is 0.328 e. The summed E-state index contributed by atoms with van der Waals surface area (Å²) in [7, 11) is 1.24. The van der Waals surface area contributed by atoms with Gasteiger partial charge in [0.1, 0.15) is 12.1 Å². The third-order valence-corrected chi connectivity index (χ3v) is 3.89. The summed E-state index contributed by atoms with van der Waals surface area (Å²) in [5, 5.41) is 11.8. The van der Waals surface area contributed by atoms with Crippen LogP contribution in [0.25, 0.3) is 0 Å². The van der Waals surface area contributed by atoms with Crippen LogP contribution in [0.15, 0.2) is 0 Å². The van der Waals surface area contributed by atoms with Crippen molar-refractivity contribution >= 4 is 28.9 Å². The van der Waals surface area contributed by atoms with Gasteiger partial charge in [-0.15, -0.1) is 0 Å². The molecule has 2 N–H and O–H groups in total. The Morgan fingerprint density at radius 2 is 2.28 bits per heavy atom. The van der Waals surface area contributed by atoms with Crippen LogP contribution < -0.4 is 5.32 Å². The molecule has 0 aliphatic carbocycles. The van der Waals surface area contributed by atoms with Crippen molar-refractivity contribution < 1.29 is 24.2 Å². The maximum absolute atomic E-state index is 12.1. The molecule has 3 atom stereocenters. The smallest absolute Gasteiger partial charge is 0.328 e. The average molecular weight is 274 g/mol. The number of amides is 2. The van der Waals surface area contributed by atoms with Crippen LogP contribution in [0.4, 0.5) is 4.79 Å². The minimum atomic E-state index is -0.764.